The van der Waals surface area contributed by atoms with Crippen LogP contribution in [0.2, 0.25) is 0 Å². The third kappa shape index (κ3) is 1.28. The van der Waals surface area contributed by atoms with Crippen LogP contribution in [0.5, 0.6) is 0 Å². The average molecular weight is 199 g/mol. The first-order chi connectivity index (χ1) is 6.61. The first-order valence-corrected chi connectivity index (χ1v) is 4.80. The van der Waals surface area contributed by atoms with E-state index in [1.807, 2.05) is 0 Å². The molecule has 0 aromatic heterocycles. The molecule has 4 unspecified atom stereocenters. The number of fused-ring (bicyclic) bond motifs is 1. The molecule has 0 aromatic rings. The van der Waals surface area contributed by atoms with Crippen LogP contribution in [0.15, 0.2) is 0 Å². The quantitative estimate of drug-likeness (QED) is 0.572. The molecule has 1 saturated carbocycles. The second-order valence-corrected chi connectivity index (χ2v) is 4.08. The molecule has 2 rings (SSSR count). The Morgan fingerprint density at radius 2 is 1.86 bits per heavy atom. The Balaban J connectivity index is 2.19. The number of aliphatic carboxylic acids is 2. The van der Waals surface area contributed by atoms with Crippen LogP contribution in [0.4, 0.5) is 0 Å². The molecule has 5 heteroatoms. The summed E-state index contributed by atoms with van der Waals surface area (Å²) >= 11 is 0. The fourth-order valence-corrected chi connectivity index (χ4v) is 2.80. The number of rotatable bonds is 2. The smallest absolute Gasteiger partial charge is 0.321 e. The Morgan fingerprint density at radius 3 is 2.43 bits per heavy atom. The lowest BCUT2D eigenvalue weighted by molar-refractivity contribution is -0.145. The van der Waals surface area contributed by atoms with Gasteiger partial charge in [-0.3, -0.25) is 9.59 Å². The normalized spacial score (nSPS) is 40.9. The van der Waals surface area contributed by atoms with Gasteiger partial charge in [0, 0.05) is 5.92 Å². The van der Waals surface area contributed by atoms with Crippen LogP contribution in [-0.4, -0.2) is 34.7 Å². The first kappa shape index (κ1) is 9.45. The highest BCUT2D eigenvalue weighted by Crippen LogP contribution is 2.42. The van der Waals surface area contributed by atoms with Gasteiger partial charge in [-0.1, -0.05) is 0 Å². The zero-order valence-electron chi connectivity index (χ0n) is 7.64. The highest BCUT2D eigenvalue weighted by atomic mass is 16.4. The van der Waals surface area contributed by atoms with Gasteiger partial charge in [-0.25, -0.2) is 0 Å². The SMILES string of the molecule is O=C(O)C1CCC2CNC(C(=O)O)C21. The van der Waals surface area contributed by atoms with E-state index in [4.69, 9.17) is 10.2 Å². The van der Waals surface area contributed by atoms with E-state index in [-0.39, 0.29) is 11.8 Å². The van der Waals surface area contributed by atoms with Crippen LogP contribution in [0, 0.1) is 17.8 Å². The molecule has 1 saturated heterocycles. The lowest BCUT2D eigenvalue weighted by Crippen LogP contribution is -2.39. The fourth-order valence-electron chi connectivity index (χ4n) is 2.80. The van der Waals surface area contributed by atoms with E-state index in [1.54, 1.807) is 0 Å². The zero-order chi connectivity index (χ0) is 10.3. The topological polar surface area (TPSA) is 86.6 Å². The summed E-state index contributed by atoms with van der Waals surface area (Å²) in [5, 5.41) is 20.7. The van der Waals surface area contributed by atoms with Crippen LogP contribution in [0.3, 0.4) is 0 Å². The molecule has 0 spiro atoms. The van der Waals surface area contributed by atoms with Crippen LogP contribution in [0.25, 0.3) is 0 Å². The van der Waals surface area contributed by atoms with Gasteiger partial charge in [-0.05, 0) is 25.3 Å². The van der Waals surface area contributed by atoms with Crippen molar-refractivity contribution < 1.29 is 19.8 Å². The van der Waals surface area contributed by atoms with Crippen molar-refractivity contribution in [1.29, 1.82) is 0 Å². The summed E-state index contributed by atoms with van der Waals surface area (Å²) in [6.45, 7) is 0.644. The van der Waals surface area contributed by atoms with Gasteiger partial charge in [0.1, 0.15) is 6.04 Å². The summed E-state index contributed by atoms with van der Waals surface area (Å²) in [6.07, 6.45) is 1.45. The summed E-state index contributed by atoms with van der Waals surface area (Å²) in [4.78, 5) is 21.7. The van der Waals surface area contributed by atoms with E-state index < -0.39 is 23.9 Å². The monoisotopic (exact) mass is 199 g/mol. The van der Waals surface area contributed by atoms with E-state index in [1.165, 1.54) is 0 Å². The van der Waals surface area contributed by atoms with Crippen molar-refractivity contribution in [3.05, 3.63) is 0 Å². The molecule has 1 heterocycles. The molecule has 4 atom stereocenters. The van der Waals surface area contributed by atoms with Crippen molar-refractivity contribution in [2.75, 3.05) is 6.54 Å². The molecule has 0 amide bonds. The van der Waals surface area contributed by atoms with Gasteiger partial charge < -0.3 is 15.5 Å². The number of carbonyl (C=O) groups is 2. The van der Waals surface area contributed by atoms with Gasteiger partial charge in [-0.15, -0.1) is 0 Å². The number of hydrogen-bond acceptors (Lipinski definition) is 3. The van der Waals surface area contributed by atoms with E-state index in [2.05, 4.69) is 5.32 Å². The van der Waals surface area contributed by atoms with E-state index >= 15 is 0 Å². The van der Waals surface area contributed by atoms with Crippen molar-refractivity contribution in [3.8, 4) is 0 Å². The van der Waals surface area contributed by atoms with E-state index in [9.17, 15) is 9.59 Å². The summed E-state index contributed by atoms with van der Waals surface area (Å²) in [5.41, 5.74) is 0. The summed E-state index contributed by atoms with van der Waals surface area (Å²) in [5.74, 6) is -2.24. The minimum Gasteiger partial charge on any atom is -0.481 e. The maximum atomic E-state index is 10.9. The standard InChI is InChI=1S/C9H13NO4/c11-8(12)5-2-1-4-3-10-7(6(4)5)9(13)14/h4-7,10H,1-3H2,(H,11,12)(H,13,14). The molecule has 2 aliphatic rings. The predicted octanol–water partition coefficient (Wildman–Crippen LogP) is -0.230. The van der Waals surface area contributed by atoms with Crippen molar-refractivity contribution in [2.45, 2.75) is 18.9 Å². The number of hydrogen-bond donors (Lipinski definition) is 3. The number of carboxylic acids is 2. The van der Waals surface area contributed by atoms with Crippen LogP contribution in [0.1, 0.15) is 12.8 Å². The Morgan fingerprint density at radius 1 is 1.14 bits per heavy atom. The highest BCUT2D eigenvalue weighted by Gasteiger charge is 2.50. The second kappa shape index (κ2) is 3.24. The zero-order valence-corrected chi connectivity index (χ0v) is 7.64. The molecular weight excluding hydrogens is 186 g/mol. The highest BCUT2D eigenvalue weighted by molar-refractivity contribution is 5.78. The predicted molar refractivity (Wildman–Crippen MR) is 46.8 cm³/mol. The van der Waals surface area contributed by atoms with Crippen molar-refractivity contribution >= 4 is 11.9 Å². The molecule has 1 aliphatic carbocycles. The van der Waals surface area contributed by atoms with Gasteiger partial charge in [0.25, 0.3) is 0 Å². The van der Waals surface area contributed by atoms with Gasteiger partial charge >= 0.3 is 11.9 Å². The molecule has 0 aromatic carbocycles. The average Bonchev–Trinajstić information content (AvgIpc) is 2.59. The van der Waals surface area contributed by atoms with Crippen molar-refractivity contribution in [2.24, 2.45) is 17.8 Å². The van der Waals surface area contributed by atoms with Crippen LogP contribution >= 0.6 is 0 Å². The van der Waals surface area contributed by atoms with Gasteiger partial charge in [0.2, 0.25) is 0 Å². The minimum absolute atomic E-state index is 0.218. The van der Waals surface area contributed by atoms with Gasteiger partial charge in [0.15, 0.2) is 0 Å². The summed E-state index contributed by atoms with van der Waals surface area (Å²) in [6, 6.07) is -0.663. The Bertz CT molecular complexity index is 252. The maximum absolute atomic E-state index is 10.9. The van der Waals surface area contributed by atoms with Crippen molar-refractivity contribution in [3.63, 3.8) is 0 Å². The number of nitrogens with one attached hydrogen (secondary N) is 1. The lowest BCUT2D eigenvalue weighted by Gasteiger charge is -2.18. The molecule has 1 aliphatic heterocycles. The van der Waals surface area contributed by atoms with Crippen molar-refractivity contribution in [1.82, 2.24) is 5.32 Å². The Labute approximate surface area is 81.1 Å². The van der Waals surface area contributed by atoms with Crippen LogP contribution < -0.4 is 5.32 Å². The first-order valence-electron chi connectivity index (χ1n) is 4.80. The van der Waals surface area contributed by atoms with Crippen LogP contribution in [-0.2, 0) is 9.59 Å². The third-order valence-electron chi connectivity index (χ3n) is 3.43. The molecule has 0 bridgehead atoms. The molecule has 78 valence electrons. The van der Waals surface area contributed by atoms with E-state index in [0.29, 0.717) is 13.0 Å². The fraction of sp³-hybridized carbons (Fsp3) is 0.778. The molecule has 0 radical (unpaired) electrons. The molecule has 14 heavy (non-hydrogen) atoms. The maximum Gasteiger partial charge on any atom is 0.321 e. The summed E-state index contributed by atoms with van der Waals surface area (Å²) in [7, 11) is 0. The second-order valence-electron chi connectivity index (χ2n) is 4.08. The molecule has 2 fully saturated rings. The molecular formula is C9H13NO4. The Hall–Kier alpha value is -1.10. The largest absolute Gasteiger partial charge is 0.481 e. The summed E-state index contributed by atoms with van der Waals surface area (Å²) < 4.78 is 0. The third-order valence-corrected chi connectivity index (χ3v) is 3.43. The number of carboxylic acid groups (broad SMARTS) is 2. The van der Waals surface area contributed by atoms with Gasteiger partial charge in [-0.2, -0.15) is 0 Å². The lowest BCUT2D eigenvalue weighted by atomic mass is 9.87. The molecule has 3 N–H and O–H groups in total. The Kier molecular flexibility index (Phi) is 2.19. The van der Waals surface area contributed by atoms with Gasteiger partial charge in [0.05, 0.1) is 5.92 Å². The molecule has 5 nitrogen and oxygen atoms in total. The minimum atomic E-state index is -0.925. The van der Waals surface area contributed by atoms with E-state index in [0.717, 1.165) is 6.42 Å².